The molecule has 26 heavy (non-hydrogen) atoms. The maximum absolute atomic E-state index is 5.55. The molecule has 3 rings (SSSR count). The summed E-state index contributed by atoms with van der Waals surface area (Å²) in [5.41, 5.74) is 2.71. The number of piperazine rings is 1. The summed E-state index contributed by atoms with van der Waals surface area (Å²) in [5, 5.41) is 0. The number of rotatable bonds is 7. The van der Waals surface area contributed by atoms with Gasteiger partial charge in [-0.2, -0.15) is 0 Å². The van der Waals surface area contributed by atoms with E-state index in [0.29, 0.717) is 0 Å². The van der Waals surface area contributed by atoms with Crippen LogP contribution < -0.4 is 19.3 Å². The molecule has 1 saturated heterocycles. The van der Waals surface area contributed by atoms with Crippen LogP contribution in [-0.2, 0) is 13.1 Å². The molecule has 140 valence electrons. The van der Waals surface area contributed by atoms with Gasteiger partial charge in [0, 0.05) is 22.1 Å². The fourth-order valence-electron chi connectivity index (χ4n) is 3.61. The standard InChI is InChI=1S/C21H28N2O2S/c1-24-19-7-6-18(21(14-19)25-2)16-23-12-10-22(11-13-23)15-17-4-8-20(26-3)9-5-17/h4-9,14H,10-13,15-16H2,1-3H3/p+2. The zero-order chi connectivity index (χ0) is 18.4. The average molecular weight is 375 g/mol. The molecule has 2 aromatic rings. The normalized spacial score (nSPS) is 20.0. The average Bonchev–Trinajstić information content (AvgIpc) is 2.70. The van der Waals surface area contributed by atoms with Crippen molar-refractivity contribution in [2.24, 2.45) is 0 Å². The van der Waals surface area contributed by atoms with Crippen LogP contribution in [0.5, 0.6) is 11.5 Å². The second-order valence-corrected chi connectivity index (χ2v) is 7.76. The molecule has 0 unspecified atom stereocenters. The lowest BCUT2D eigenvalue weighted by molar-refractivity contribution is -1.02. The highest BCUT2D eigenvalue weighted by Gasteiger charge is 2.24. The van der Waals surface area contributed by atoms with E-state index in [-0.39, 0.29) is 0 Å². The summed E-state index contributed by atoms with van der Waals surface area (Å²) in [6, 6.07) is 15.2. The number of thioether (sulfide) groups is 1. The van der Waals surface area contributed by atoms with Gasteiger partial charge < -0.3 is 19.3 Å². The Morgan fingerprint density at radius 3 is 2.08 bits per heavy atom. The van der Waals surface area contributed by atoms with Crippen molar-refractivity contribution >= 4 is 11.8 Å². The molecule has 1 aliphatic rings. The lowest BCUT2D eigenvalue weighted by atomic mass is 10.1. The quantitative estimate of drug-likeness (QED) is 0.706. The number of ether oxygens (including phenoxy) is 2. The van der Waals surface area contributed by atoms with Crippen molar-refractivity contribution < 1.29 is 19.3 Å². The lowest BCUT2D eigenvalue weighted by Crippen LogP contribution is -3.27. The van der Waals surface area contributed by atoms with Crippen LogP contribution in [0.15, 0.2) is 47.4 Å². The molecule has 0 amide bonds. The van der Waals surface area contributed by atoms with Gasteiger partial charge in [-0.25, -0.2) is 0 Å². The van der Waals surface area contributed by atoms with E-state index in [0.717, 1.165) is 24.6 Å². The van der Waals surface area contributed by atoms with Gasteiger partial charge in [0.2, 0.25) is 0 Å². The van der Waals surface area contributed by atoms with Crippen LogP contribution in [0.3, 0.4) is 0 Å². The molecular weight excluding hydrogens is 344 g/mol. The highest BCUT2D eigenvalue weighted by Crippen LogP contribution is 2.23. The maximum atomic E-state index is 5.55. The van der Waals surface area contributed by atoms with Crippen LogP contribution in [0.4, 0.5) is 0 Å². The van der Waals surface area contributed by atoms with Crippen molar-refractivity contribution in [2.75, 3.05) is 46.7 Å². The zero-order valence-electron chi connectivity index (χ0n) is 16.0. The van der Waals surface area contributed by atoms with Gasteiger partial charge in [-0.15, -0.1) is 11.8 Å². The summed E-state index contributed by atoms with van der Waals surface area (Å²) in [5.74, 6) is 1.78. The minimum Gasteiger partial charge on any atom is -0.497 e. The Hall–Kier alpha value is -1.69. The molecule has 0 spiro atoms. The number of nitrogens with one attached hydrogen (secondary N) is 2. The van der Waals surface area contributed by atoms with Crippen molar-refractivity contribution in [3.63, 3.8) is 0 Å². The Labute approximate surface area is 161 Å². The van der Waals surface area contributed by atoms with Gasteiger partial charge in [-0.1, -0.05) is 12.1 Å². The first-order valence-corrected chi connectivity index (χ1v) is 10.4. The minimum absolute atomic E-state index is 0.849. The Bertz CT molecular complexity index is 698. The van der Waals surface area contributed by atoms with E-state index in [2.05, 4.69) is 36.6 Å². The molecule has 1 heterocycles. The monoisotopic (exact) mass is 374 g/mol. The summed E-state index contributed by atoms with van der Waals surface area (Å²) < 4.78 is 10.8. The minimum atomic E-state index is 0.849. The molecule has 0 radical (unpaired) electrons. The highest BCUT2D eigenvalue weighted by molar-refractivity contribution is 7.98. The number of quaternary nitrogens is 2. The predicted octanol–water partition coefficient (Wildman–Crippen LogP) is 0.909. The number of hydrogen-bond acceptors (Lipinski definition) is 3. The maximum Gasteiger partial charge on any atom is 0.131 e. The lowest BCUT2D eigenvalue weighted by Gasteiger charge is -2.30. The molecule has 0 aliphatic carbocycles. The summed E-state index contributed by atoms with van der Waals surface area (Å²) in [6.45, 7) is 6.99. The SMILES string of the molecule is COc1ccc(C[NH+]2CC[NH+](Cc3ccc(SC)cc3)CC2)c(OC)c1. The second kappa shape index (κ2) is 9.31. The molecule has 0 aromatic heterocycles. The Morgan fingerprint density at radius 2 is 1.50 bits per heavy atom. The molecule has 1 fully saturated rings. The third-order valence-corrected chi connectivity index (χ3v) is 5.96. The van der Waals surface area contributed by atoms with E-state index >= 15 is 0 Å². The molecule has 0 saturated carbocycles. The molecule has 4 nitrogen and oxygen atoms in total. The molecular formula is C21H30N2O2S+2. The van der Waals surface area contributed by atoms with E-state index < -0.39 is 0 Å². The predicted molar refractivity (Wildman–Crippen MR) is 107 cm³/mol. The van der Waals surface area contributed by atoms with Gasteiger partial charge in [0.05, 0.1) is 14.2 Å². The van der Waals surface area contributed by atoms with Crippen molar-refractivity contribution in [2.45, 2.75) is 18.0 Å². The molecule has 2 aromatic carbocycles. The van der Waals surface area contributed by atoms with Crippen LogP contribution >= 0.6 is 11.8 Å². The van der Waals surface area contributed by atoms with Crippen LogP contribution in [0.2, 0.25) is 0 Å². The summed E-state index contributed by atoms with van der Waals surface area (Å²) in [7, 11) is 3.42. The summed E-state index contributed by atoms with van der Waals surface area (Å²) >= 11 is 1.80. The van der Waals surface area contributed by atoms with Crippen molar-refractivity contribution in [3.8, 4) is 11.5 Å². The van der Waals surface area contributed by atoms with Crippen LogP contribution in [0, 0.1) is 0 Å². The van der Waals surface area contributed by atoms with Gasteiger partial charge in [0.15, 0.2) is 0 Å². The molecule has 5 heteroatoms. The number of hydrogen-bond donors (Lipinski definition) is 2. The fraction of sp³-hybridized carbons (Fsp3) is 0.429. The Balaban J connectivity index is 1.52. The van der Waals surface area contributed by atoms with Gasteiger partial charge >= 0.3 is 0 Å². The first-order valence-electron chi connectivity index (χ1n) is 9.22. The van der Waals surface area contributed by atoms with E-state index in [1.54, 1.807) is 35.8 Å². The smallest absolute Gasteiger partial charge is 0.131 e. The molecule has 0 atom stereocenters. The van der Waals surface area contributed by atoms with Crippen LogP contribution in [0.1, 0.15) is 11.1 Å². The summed E-state index contributed by atoms with van der Waals surface area (Å²) in [4.78, 5) is 4.66. The van der Waals surface area contributed by atoms with E-state index in [1.807, 2.05) is 12.1 Å². The van der Waals surface area contributed by atoms with Crippen molar-refractivity contribution in [1.82, 2.24) is 0 Å². The number of benzene rings is 2. The van der Waals surface area contributed by atoms with Crippen molar-refractivity contribution in [3.05, 3.63) is 53.6 Å². The Kier molecular flexibility index (Phi) is 6.83. The third kappa shape index (κ3) is 4.93. The van der Waals surface area contributed by atoms with Crippen molar-refractivity contribution in [1.29, 1.82) is 0 Å². The van der Waals surface area contributed by atoms with E-state index in [4.69, 9.17) is 9.47 Å². The van der Waals surface area contributed by atoms with Gasteiger partial charge in [0.1, 0.15) is 50.8 Å². The number of methoxy groups -OCH3 is 2. The topological polar surface area (TPSA) is 27.3 Å². The second-order valence-electron chi connectivity index (χ2n) is 6.88. The molecule has 0 bridgehead atoms. The van der Waals surface area contributed by atoms with Gasteiger partial charge in [-0.05, 0) is 30.5 Å². The first-order chi connectivity index (χ1) is 12.7. The van der Waals surface area contributed by atoms with Gasteiger partial charge in [0.25, 0.3) is 0 Å². The van der Waals surface area contributed by atoms with Crippen LogP contribution in [-0.4, -0.2) is 46.7 Å². The van der Waals surface area contributed by atoms with E-state index in [1.165, 1.54) is 42.2 Å². The zero-order valence-corrected chi connectivity index (χ0v) is 16.8. The third-order valence-electron chi connectivity index (χ3n) is 5.21. The molecule has 1 aliphatic heterocycles. The van der Waals surface area contributed by atoms with E-state index in [9.17, 15) is 0 Å². The highest BCUT2D eigenvalue weighted by atomic mass is 32.2. The Morgan fingerprint density at radius 1 is 0.846 bits per heavy atom. The fourth-order valence-corrected chi connectivity index (χ4v) is 4.02. The largest absolute Gasteiger partial charge is 0.497 e. The first kappa shape index (κ1) is 19.1. The van der Waals surface area contributed by atoms with Crippen LogP contribution in [0.25, 0.3) is 0 Å². The van der Waals surface area contributed by atoms with Gasteiger partial charge in [-0.3, -0.25) is 0 Å². The summed E-state index contributed by atoms with van der Waals surface area (Å²) in [6.07, 6.45) is 2.13. The molecule has 2 N–H and O–H groups in total.